The predicted octanol–water partition coefficient (Wildman–Crippen LogP) is 3.37. The van der Waals surface area contributed by atoms with Crippen LogP contribution in [0.2, 0.25) is 14.8 Å². The van der Waals surface area contributed by atoms with Gasteiger partial charge >= 0.3 is 146 Å². The summed E-state index contributed by atoms with van der Waals surface area (Å²) in [5.74, 6) is 0.959. The molecular formula is C18H19N5Sn. The second kappa shape index (κ2) is 6.28. The van der Waals surface area contributed by atoms with Crippen LogP contribution in [0.3, 0.4) is 0 Å². The van der Waals surface area contributed by atoms with E-state index in [1.807, 2.05) is 24.3 Å². The van der Waals surface area contributed by atoms with Crippen LogP contribution in [-0.2, 0) is 0 Å². The van der Waals surface area contributed by atoms with E-state index in [-0.39, 0.29) is 0 Å². The number of hydrogen-bond acceptors (Lipinski definition) is 5. The summed E-state index contributed by atoms with van der Waals surface area (Å²) in [4.78, 5) is 16.2. The number of nitrogens with two attached hydrogens (primary N) is 1. The molecule has 2 aromatic carbocycles. The van der Waals surface area contributed by atoms with Gasteiger partial charge in [0.25, 0.3) is 0 Å². The molecule has 0 unspecified atom stereocenters. The van der Waals surface area contributed by atoms with E-state index >= 15 is 0 Å². The molecule has 1 aromatic heterocycles. The summed E-state index contributed by atoms with van der Waals surface area (Å²) in [6, 6.07) is 15.4. The topological polar surface area (TPSA) is 87.6 Å². The third-order valence-corrected chi connectivity index (χ3v) is 9.60. The van der Waals surface area contributed by atoms with Crippen molar-refractivity contribution in [3.63, 3.8) is 0 Å². The summed E-state index contributed by atoms with van der Waals surface area (Å²) >= 11 is -2.33. The van der Waals surface area contributed by atoms with E-state index < -0.39 is 18.4 Å². The van der Waals surface area contributed by atoms with Crippen LogP contribution in [0.1, 0.15) is 5.56 Å². The Hall–Kier alpha value is -2.33. The van der Waals surface area contributed by atoms with Gasteiger partial charge < -0.3 is 0 Å². The number of nitriles is 1. The number of fused-ring (bicyclic) bond motifs is 1. The van der Waals surface area contributed by atoms with Crippen LogP contribution in [0.25, 0.3) is 10.9 Å². The zero-order valence-electron chi connectivity index (χ0n) is 14.0. The minimum absolute atomic E-state index is 0.479. The monoisotopic (exact) mass is 425 g/mol. The van der Waals surface area contributed by atoms with E-state index in [1.165, 1.54) is 3.58 Å². The number of benzene rings is 2. The Morgan fingerprint density at radius 1 is 1.04 bits per heavy atom. The molecule has 120 valence electrons. The quantitative estimate of drug-likeness (QED) is 0.630. The van der Waals surface area contributed by atoms with Crippen molar-refractivity contribution < 1.29 is 0 Å². The van der Waals surface area contributed by atoms with Gasteiger partial charge in [0.1, 0.15) is 0 Å². The van der Waals surface area contributed by atoms with E-state index in [1.54, 1.807) is 12.1 Å². The van der Waals surface area contributed by atoms with E-state index in [9.17, 15) is 0 Å². The standard InChI is InChI=1S/C15H10N5.3CH3.Sn/c16-9-10-5-7-11(8-6-10)18-15-19-13-4-2-1-3-12(13)14(17)20-15;;;;/h1-3,5-8H,(H3,17,18,19,20);3*1H3;. The third-order valence-electron chi connectivity index (χ3n) is 3.83. The van der Waals surface area contributed by atoms with E-state index in [4.69, 9.17) is 16.0 Å². The molecule has 0 fully saturated rings. The zero-order chi connectivity index (χ0) is 17.3. The van der Waals surface area contributed by atoms with Crippen LogP contribution >= 0.6 is 0 Å². The summed E-state index contributed by atoms with van der Waals surface area (Å²) in [6.07, 6.45) is 0. The number of para-hydroxylation sites is 1. The average molecular weight is 424 g/mol. The Kier molecular flexibility index (Phi) is 4.33. The Labute approximate surface area is 145 Å². The fraction of sp³-hybridized carbons (Fsp3) is 0.167. The van der Waals surface area contributed by atoms with Gasteiger partial charge in [0.15, 0.2) is 0 Å². The summed E-state index contributed by atoms with van der Waals surface area (Å²) in [5.41, 5.74) is 8.54. The molecule has 24 heavy (non-hydrogen) atoms. The fourth-order valence-corrected chi connectivity index (χ4v) is 6.87. The maximum absolute atomic E-state index is 8.87. The van der Waals surface area contributed by atoms with E-state index in [2.05, 4.69) is 37.3 Å². The molecule has 0 radical (unpaired) electrons. The van der Waals surface area contributed by atoms with Gasteiger partial charge in [0, 0.05) is 0 Å². The number of nitrogens with zero attached hydrogens (tertiary/aromatic N) is 3. The Morgan fingerprint density at radius 2 is 1.75 bits per heavy atom. The molecule has 0 aliphatic carbocycles. The van der Waals surface area contributed by atoms with Crippen molar-refractivity contribution in [3.05, 3.63) is 48.0 Å². The molecular weight excluding hydrogens is 405 g/mol. The van der Waals surface area contributed by atoms with Crippen LogP contribution in [0.4, 0.5) is 17.5 Å². The van der Waals surface area contributed by atoms with Gasteiger partial charge in [-0.05, 0) is 0 Å². The molecule has 3 N–H and O–H groups in total. The van der Waals surface area contributed by atoms with Crippen LogP contribution in [0.5, 0.6) is 0 Å². The molecule has 1 heterocycles. The average Bonchev–Trinajstić information content (AvgIpc) is 2.54. The fourth-order valence-electron chi connectivity index (χ4n) is 2.59. The second-order valence-electron chi connectivity index (χ2n) is 6.70. The summed E-state index contributed by atoms with van der Waals surface area (Å²) < 4.78 is 1.33. The zero-order valence-corrected chi connectivity index (χ0v) is 16.8. The molecule has 0 amide bonds. The molecule has 5 nitrogen and oxygen atoms in total. The first-order valence-corrected chi connectivity index (χ1v) is 17.7. The molecule has 6 heteroatoms. The van der Waals surface area contributed by atoms with Gasteiger partial charge in [-0.15, -0.1) is 0 Å². The van der Waals surface area contributed by atoms with Gasteiger partial charge in [-0.2, -0.15) is 0 Å². The number of anilines is 3. The van der Waals surface area contributed by atoms with Crippen molar-refractivity contribution in [2.45, 2.75) is 14.8 Å². The van der Waals surface area contributed by atoms with Crippen molar-refractivity contribution in [1.29, 1.82) is 5.26 Å². The van der Waals surface area contributed by atoms with Crippen molar-refractivity contribution in [3.8, 4) is 6.07 Å². The SMILES string of the molecule is [CH3][Sn]([CH3])([CH3])[c]1cccc2c(N)nc(Nc3ccc(C#N)cc3)nc12. The normalized spacial score (nSPS) is 11.2. The molecule has 0 aliphatic heterocycles. The molecule has 0 saturated carbocycles. The Balaban J connectivity index is 2.07. The number of nitrogen functional groups attached to an aromatic ring is 1. The summed E-state index contributed by atoms with van der Waals surface area (Å²) in [6.45, 7) is 0. The molecule has 0 spiro atoms. The molecule has 3 rings (SSSR count). The molecule has 0 bridgehead atoms. The number of hydrogen-bond donors (Lipinski definition) is 2. The summed E-state index contributed by atoms with van der Waals surface area (Å²) in [7, 11) is 0. The van der Waals surface area contributed by atoms with Gasteiger partial charge in [-0.1, -0.05) is 0 Å². The molecule has 0 aliphatic rings. The van der Waals surface area contributed by atoms with Crippen molar-refractivity contribution in [1.82, 2.24) is 9.97 Å². The van der Waals surface area contributed by atoms with Crippen molar-refractivity contribution in [2.24, 2.45) is 0 Å². The van der Waals surface area contributed by atoms with Gasteiger partial charge in [-0.25, -0.2) is 0 Å². The maximum atomic E-state index is 8.87. The first-order chi connectivity index (χ1) is 11.4. The van der Waals surface area contributed by atoms with Crippen LogP contribution in [0, 0.1) is 11.3 Å². The minimum atomic E-state index is -2.33. The van der Waals surface area contributed by atoms with Gasteiger partial charge in [0.2, 0.25) is 0 Å². The van der Waals surface area contributed by atoms with E-state index in [0.717, 1.165) is 16.6 Å². The number of aromatic nitrogens is 2. The van der Waals surface area contributed by atoms with Crippen molar-refractivity contribution in [2.75, 3.05) is 11.1 Å². The van der Waals surface area contributed by atoms with Crippen LogP contribution in [0.15, 0.2) is 42.5 Å². The Morgan fingerprint density at radius 3 is 2.38 bits per heavy atom. The number of rotatable bonds is 3. The molecule has 0 saturated heterocycles. The van der Waals surface area contributed by atoms with Gasteiger partial charge in [0.05, 0.1) is 0 Å². The summed E-state index contributed by atoms with van der Waals surface area (Å²) in [5, 5.41) is 13.0. The predicted molar refractivity (Wildman–Crippen MR) is 101 cm³/mol. The van der Waals surface area contributed by atoms with E-state index in [0.29, 0.717) is 17.3 Å². The first kappa shape index (κ1) is 16.5. The van der Waals surface area contributed by atoms with Crippen LogP contribution < -0.4 is 14.6 Å². The second-order valence-corrected chi connectivity index (χ2v) is 21.1. The molecule has 0 atom stereocenters. The van der Waals surface area contributed by atoms with Gasteiger partial charge in [-0.3, -0.25) is 0 Å². The number of nitrogens with one attached hydrogen (secondary N) is 1. The van der Waals surface area contributed by atoms with Crippen LogP contribution in [-0.4, -0.2) is 28.3 Å². The first-order valence-electron chi connectivity index (χ1n) is 7.72. The third kappa shape index (κ3) is 3.29. The van der Waals surface area contributed by atoms with Crippen molar-refractivity contribution >= 4 is 50.3 Å². The Bertz CT molecular complexity index is 937. The molecule has 3 aromatic rings.